The van der Waals surface area contributed by atoms with Crippen LogP contribution in [0.1, 0.15) is 6.42 Å². The Morgan fingerprint density at radius 2 is 2.09 bits per heavy atom. The smallest absolute Gasteiger partial charge is 0.313 e. The van der Waals surface area contributed by atoms with Crippen molar-refractivity contribution in [1.29, 1.82) is 0 Å². The Morgan fingerprint density at radius 1 is 1.30 bits per heavy atom. The fourth-order valence-corrected chi connectivity index (χ4v) is 3.24. The Bertz CT molecular complexity index is 739. The van der Waals surface area contributed by atoms with Crippen LogP contribution >= 0.6 is 0 Å². The summed E-state index contributed by atoms with van der Waals surface area (Å²) in [6, 6.07) is 9.84. The van der Waals surface area contributed by atoms with Crippen molar-refractivity contribution in [3.05, 3.63) is 36.5 Å². The van der Waals surface area contributed by atoms with Crippen LogP contribution in [-0.2, 0) is 20.9 Å². The maximum Gasteiger partial charge on any atom is 0.313 e. The minimum absolute atomic E-state index is 0.0643. The van der Waals surface area contributed by atoms with Crippen molar-refractivity contribution in [1.82, 2.24) is 9.47 Å². The van der Waals surface area contributed by atoms with E-state index < -0.39 is 11.4 Å². The normalized spacial score (nSPS) is 21.0. The van der Waals surface area contributed by atoms with E-state index in [1.807, 2.05) is 41.1 Å². The van der Waals surface area contributed by atoms with E-state index in [-0.39, 0.29) is 25.6 Å². The summed E-state index contributed by atoms with van der Waals surface area (Å²) in [7, 11) is 1.49. The number of likely N-dealkylation sites (tertiary alicyclic amines) is 1. The van der Waals surface area contributed by atoms with Gasteiger partial charge >= 0.3 is 5.97 Å². The Balaban J connectivity index is 1.73. The van der Waals surface area contributed by atoms with Crippen LogP contribution in [0.2, 0.25) is 0 Å². The molecule has 0 saturated carbocycles. The van der Waals surface area contributed by atoms with Gasteiger partial charge in [0.25, 0.3) is 0 Å². The number of rotatable bonds is 5. The number of carbonyl (C=O) groups excluding carboxylic acids is 1. The summed E-state index contributed by atoms with van der Waals surface area (Å²) in [5.74, 6) is -0.966. The molecule has 0 spiro atoms. The Hall–Kier alpha value is -2.34. The van der Waals surface area contributed by atoms with Gasteiger partial charge in [-0.15, -0.1) is 0 Å². The van der Waals surface area contributed by atoms with E-state index in [0.717, 1.165) is 10.9 Å². The lowest BCUT2D eigenvalue weighted by Gasteiger charge is -2.24. The molecule has 0 aliphatic carbocycles. The number of aliphatic carboxylic acids is 1. The predicted octanol–water partition coefficient (Wildman–Crippen LogP) is 1.59. The second-order valence-corrected chi connectivity index (χ2v) is 6.09. The number of carboxylic acid groups (broad SMARTS) is 1. The standard InChI is InChI=1S/C17H20N2O4/c1-23-12-17(16(21)22)7-9-19(11-17)15(20)10-18-8-6-13-4-2-3-5-14(13)18/h2-6,8H,7,9-12H2,1H3,(H,21,22). The van der Waals surface area contributed by atoms with Gasteiger partial charge in [0.2, 0.25) is 5.91 Å². The molecule has 1 amide bonds. The van der Waals surface area contributed by atoms with Gasteiger partial charge in [-0.2, -0.15) is 0 Å². The Kier molecular flexibility index (Phi) is 4.09. The summed E-state index contributed by atoms with van der Waals surface area (Å²) in [5, 5.41) is 10.6. The van der Waals surface area contributed by atoms with Gasteiger partial charge in [-0.3, -0.25) is 9.59 Å². The summed E-state index contributed by atoms with van der Waals surface area (Å²) < 4.78 is 6.96. The third-order valence-corrected chi connectivity index (χ3v) is 4.57. The van der Waals surface area contributed by atoms with Crippen molar-refractivity contribution in [3.8, 4) is 0 Å². The van der Waals surface area contributed by atoms with Crippen LogP contribution in [0, 0.1) is 5.41 Å². The number of methoxy groups -OCH3 is 1. The number of hydrogen-bond acceptors (Lipinski definition) is 3. The number of fused-ring (bicyclic) bond motifs is 1. The van der Waals surface area contributed by atoms with Crippen LogP contribution < -0.4 is 0 Å². The van der Waals surface area contributed by atoms with Gasteiger partial charge in [0.1, 0.15) is 12.0 Å². The first-order valence-corrected chi connectivity index (χ1v) is 7.60. The van der Waals surface area contributed by atoms with E-state index in [2.05, 4.69) is 0 Å². The predicted molar refractivity (Wildman–Crippen MR) is 85.1 cm³/mol. The van der Waals surface area contributed by atoms with Crippen LogP contribution in [0.15, 0.2) is 36.5 Å². The first kappa shape index (κ1) is 15.6. The van der Waals surface area contributed by atoms with Gasteiger partial charge in [0.05, 0.1) is 6.61 Å². The molecule has 0 bridgehead atoms. The summed E-state index contributed by atoms with van der Waals surface area (Å²) in [6.45, 7) is 0.997. The number of carboxylic acids is 1. The van der Waals surface area contributed by atoms with Crippen molar-refractivity contribution < 1.29 is 19.4 Å². The molecule has 2 heterocycles. The highest BCUT2D eigenvalue weighted by atomic mass is 16.5. The zero-order valence-corrected chi connectivity index (χ0v) is 13.1. The van der Waals surface area contributed by atoms with E-state index >= 15 is 0 Å². The van der Waals surface area contributed by atoms with Crippen LogP contribution in [0.5, 0.6) is 0 Å². The molecule has 6 nitrogen and oxygen atoms in total. The Morgan fingerprint density at radius 3 is 2.83 bits per heavy atom. The largest absolute Gasteiger partial charge is 0.481 e. The molecule has 1 aromatic carbocycles. The molecule has 1 atom stereocenters. The average Bonchev–Trinajstić information content (AvgIpc) is 3.14. The molecular formula is C17H20N2O4. The quantitative estimate of drug-likeness (QED) is 0.909. The van der Waals surface area contributed by atoms with Gasteiger partial charge in [-0.25, -0.2) is 0 Å². The molecule has 1 aromatic heterocycles. The number of amides is 1. The second-order valence-electron chi connectivity index (χ2n) is 6.09. The third kappa shape index (κ3) is 2.82. The average molecular weight is 316 g/mol. The molecule has 6 heteroatoms. The number of benzene rings is 1. The SMILES string of the molecule is COCC1(C(=O)O)CCN(C(=O)Cn2ccc3ccccc32)C1. The molecule has 23 heavy (non-hydrogen) atoms. The number of aromatic nitrogens is 1. The number of nitrogens with zero attached hydrogens (tertiary/aromatic N) is 2. The summed E-state index contributed by atoms with van der Waals surface area (Å²) in [5.41, 5.74) is 0.0184. The van der Waals surface area contributed by atoms with Gasteiger partial charge in [-0.05, 0) is 23.9 Å². The van der Waals surface area contributed by atoms with Gasteiger partial charge in [0, 0.05) is 31.9 Å². The molecule has 1 fully saturated rings. The molecule has 1 saturated heterocycles. The zero-order valence-electron chi connectivity index (χ0n) is 13.1. The van der Waals surface area contributed by atoms with Crippen molar-refractivity contribution >= 4 is 22.8 Å². The van der Waals surface area contributed by atoms with E-state index in [0.29, 0.717) is 13.0 Å². The van der Waals surface area contributed by atoms with Crippen molar-refractivity contribution in [2.75, 3.05) is 26.8 Å². The van der Waals surface area contributed by atoms with Crippen LogP contribution in [0.3, 0.4) is 0 Å². The van der Waals surface area contributed by atoms with Crippen molar-refractivity contribution in [3.63, 3.8) is 0 Å². The minimum Gasteiger partial charge on any atom is -0.481 e. The molecule has 2 aromatic rings. The van der Waals surface area contributed by atoms with Crippen LogP contribution in [0.25, 0.3) is 10.9 Å². The molecule has 1 unspecified atom stereocenters. The van der Waals surface area contributed by atoms with E-state index in [9.17, 15) is 14.7 Å². The lowest BCUT2D eigenvalue weighted by Crippen LogP contribution is -2.40. The fraction of sp³-hybridized carbons (Fsp3) is 0.412. The molecule has 1 aliphatic rings. The monoisotopic (exact) mass is 316 g/mol. The topological polar surface area (TPSA) is 71.8 Å². The number of carbonyl (C=O) groups is 2. The highest BCUT2D eigenvalue weighted by Gasteiger charge is 2.46. The number of para-hydroxylation sites is 1. The number of hydrogen-bond donors (Lipinski definition) is 1. The summed E-state index contributed by atoms with van der Waals surface area (Å²) >= 11 is 0. The highest BCUT2D eigenvalue weighted by molar-refractivity contribution is 5.84. The molecule has 0 radical (unpaired) electrons. The summed E-state index contributed by atoms with van der Waals surface area (Å²) in [6.07, 6.45) is 2.31. The molecule has 122 valence electrons. The molecule has 1 N–H and O–H groups in total. The van der Waals surface area contributed by atoms with E-state index in [4.69, 9.17) is 4.74 Å². The molecule has 3 rings (SSSR count). The van der Waals surface area contributed by atoms with E-state index in [1.54, 1.807) is 4.90 Å². The molecule has 1 aliphatic heterocycles. The summed E-state index contributed by atoms with van der Waals surface area (Å²) in [4.78, 5) is 25.7. The first-order valence-electron chi connectivity index (χ1n) is 7.60. The van der Waals surface area contributed by atoms with Gasteiger partial charge in [-0.1, -0.05) is 18.2 Å². The second kappa shape index (κ2) is 6.04. The van der Waals surface area contributed by atoms with Crippen LogP contribution in [0.4, 0.5) is 0 Å². The van der Waals surface area contributed by atoms with Crippen molar-refractivity contribution in [2.24, 2.45) is 5.41 Å². The maximum absolute atomic E-state index is 12.5. The first-order chi connectivity index (χ1) is 11.1. The maximum atomic E-state index is 12.5. The van der Waals surface area contributed by atoms with Gasteiger partial charge < -0.3 is 19.3 Å². The fourth-order valence-electron chi connectivity index (χ4n) is 3.24. The van der Waals surface area contributed by atoms with Gasteiger partial charge in [0.15, 0.2) is 0 Å². The van der Waals surface area contributed by atoms with Crippen molar-refractivity contribution in [2.45, 2.75) is 13.0 Å². The lowest BCUT2D eigenvalue weighted by molar-refractivity contribution is -0.151. The highest BCUT2D eigenvalue weighted by Crippen LogP contribution is 2.31. The van der Waals surface area contributed by atoms with E-state index in [1.165, 1.54) is 7.11 Å². The minimum atomic E-state index is -0.983. The Labute approximate surface area is 134 Å². The third-order valence-electron chi connectivity index (χ3n) is 4.57. The zero-order chi connectivity index (χ0) is 16.4. The van der Waals surface area contributed by atoms with Crippen LogP contribution in [-0.4, -0.2) is 53.3 Å². The molecular weight excluding hydrogens is 296 g/mol. The lowest BCUT2D eigenvalue weighted by atomic mass is 9.88. The number of ether oxygens (including phenoxy) is 1.